The van der Waals surface area contributed by atoms with E-state index in [1.807, 2.05) is 26.0 Å². The lowest BCUT2D eigenvalue weighted by molar-refractivity contribution is -0.137. The molecule has 2 aromatic rings. The first-order valence-electron chi connectivity index (χ1n) is 8.59. The summed E-state index contributed by atoms with van der Waals surface area (Å²) in [5.41, 5.74) is 5.28. The summed E-state index contributed by atoms with van der Waals surface area (Å²) in [6.45, 7) is 6.16. The van der Waals surface area contributed by atoms with Crippen molar-refractivity contribution >= 4 is 11.8 Å². The number of nitrogens with one attached hydrogen (secondary N) is 1. The van der Waals surface area contributed by atoms with Crippen LogP contribution in [0.3, 0.4) is 0 Å². The topological polar surface area (TPSA) is 72.8 Å². The number of hydrogen-bond donors (Lipinski definition) is 1. The van der Waals surface area contributed by atoms with Crippen LogP contribution in [0.2, 0.25) is 0 Å². The van der Waals surface area contributed by atoms with E-state index in [0.29, 0.717) is 37.6 Å². The van der Waals surface area contributed by atoms with Crippen molar-refractivity contribution in [1.82, 2.24) is 9.58 Å². The lowest BCUT2D eigenvalue weighted by Crippen LogP contribution is -2.42. The maximum absolute atomic E-state index is 12.4. The van der Waals surface area contributed by atoms with Crippen molar-refractivity contribution in [3.63, 3.8) is 0 Å². The average Bonchev–Trinajstić information content (AvgIpc) is 2.99. The zero-order valence-corrected chi connectivity index (χ0v) is 15.0. The third-order valence-corrected chi connectivity index (χ3v) is 4.33. The number of carbonyl (C=O) groups is 2. The fourth-order valence-corrected chi connectivity index (χ4v) is 2.76. The van der Waals surface area contributed by atoms with Gasteiger partial charge in [-0.1, -0.05) is 0 Å². The van der Waals surface area contributed by atoms with Crippen LogP contribution in [-0.4, -0.2) is 54.3 Å². The van der Waals surface area contributed by atoms with Gasteiger partial charge in [-0.25, -0.2) is 0 Å². The number of nitrogens with zero attached hydrogens (tertiary/aromatic N) is 2. The van der Waals surface area contributed by atoms with Gasteiger partial charge in [-0.05, 0) is 50.2 Å². The molecule has 1 aliphatic rings. The first-order valence-corrected chi connectivity index (χ1v) is 8.59. The van der Waals surface area contributed by atoms with Crippen LogP contribution in [0.5, 0.6) is 5.75 Å². The number of aromatic nitrogens is 1. The van der Waals surface area contributed by atoms with Crippen LogP contribution in [0.15, 0.2) is 36.4 Å². The molecule has 1 N–H and O–H groups in total. The predicted molar refractivity (Wildman–Crippen MR) is 96.9 cm³/mol. The minimum atomic E-state index is -0.205. The van der Waals surface area contributed by atoms with Gasteiger partial charge in [0.25, 0.3) is 11.8 Å². The standard InChI is InChI=1S/C19H23N3O4/c1-14-3-4-15(2)22(14)20-19(24)16-5-7-17(8-6-16)26-13-18(23)21-9-11-25-12-10-21/h3-8H,9-13H2,1-2H3,(H,20,24). The van der Waals surface area contributed by atoms with Crippen molar-refractivity contribution in [3.8, 4) is 5.75 Å². The highest BCUT2D eigenvalue weighted by atomic mass is 16.5. The third kappa shape index (κ3) is 4.23. The first kappa shape index (κ1) is 18.0. The molecule has 1 aromatic heterocycles. The maximum atomic E-state index is 12.4. The molecule has 138 valence electrons. The van der Waals surface area contributed by atoms with E-state index in [-0.39, 0.29) is 18.4 Å². The molecule has 1 saturated heterocycles. The van der Waals surface area contributed by atoms with E-state index in [0.717, 1.165) is 11.4 Å². The second-order valence-corrected chi connectivity index (χ2v) is 6.20. The molecule has 0 radical (unpaired) electrons. The number of carbonyl (C=O) groups excluding carboxylic acids is 2. The van der Waals surface area contributed by atoms with Gasteiger partial charge in [0.2, 0.25) is 0 Å². The molecule has 0 unspecified atom stereocenters. The number of hydrogen-bond acceptors (Lipinski definition) is 4. The van der Waals surface area contributed by atoms with Gasteiger partial charge in [-0.15, -0.1) is 0 Å². The molecule has 0 saturated carbocycles. The van der Waals surface area contributed by atoms with Crippen molar-refractivity contribution < 1.29 is 19.1 Å². The van der Waals surface area contributed by atoms with Gasteiger partial charge in [-0.3, -0.25) is 19.7 Å². The van der Waals surface area contributed by atoms with Crippen LogP contribution >= 0.6 is 0 Å². The Morgan fingerprint density at radius 3 is 2.27 bits per heavy atom. The van der Waals surface area contributed by atoms with Gasteiger partial charge in [0.1, 0.15) is 5.75 Å². The fraction of sp³-hybridized carbons (Fsp3) is 0.368. The number of rotatable bonds is 5. The molecule has 7 nitrogen and oxygen atoms in total. The van der Waals surface area contributed by atoms with Gasteiger partial charge < -0.3 is 14.4 Å². The van der Waals surface area contributed by atoms with Crippen molar-refractivity contribution in [2.24, 2.45) is 0 Å². The summed E-state index contributed by atoms with van der Waals surface area (Å²) in [4.78, 5) is 26.2. The largest absolute Gasteiger partial charge is 0.484 e. The Morgan fingerprint density at radius 1 is 1.04 bits per heavy atom. The lowest BCUT2D eigenvalue weighted by Gasteiger charge is -2.26. The van der Waals surface area contributed by atoms with E-state index in [2.05, 4.69) is 5.43 Å². The van der Waals surface area contributed by atoms with E-state index < -0.39 is 0 Å². The number of amides is 2. The van der Waals surface area contributed by atoms with Crippen molar-refractivity contribution in [2.75, 3.05) is 38.3 Å². The highest BCUT2D eigenvalue weighted by molar-refractivity contribution is 6.00. The van der Waals surface area contributed by atoms with Gasteiger partial charge >= 0.3 is 0 Å². The number of aryl methyl sites for hydroxylation is 2. The molecule has 0 spiro atoms. The molecule has 1 aromatic carbocycles. The Hall–Kier alpha value is -2.80. The highest BCUT2D eigenvalue weighted by Crippen LogP contribution is 2.13. The Labute approximate surface area is 152 Å². The van der Waals surface area contributed by atoms with E-state index >= 15 is 0 Å². The summed E-state index contributed by atoms with van der Waals surface area (Å²) >= 11 is 0. The summed E-state index contributed by atoms with van der Waals surface area (Å²) in [7, 11) is 0. The summed E-state index contributed by atoms with van der Waals surface area (Å²) in [6.07, 6.45) is 0. The van der Waals surface area contributed by atoms with E-state index in [9.17, 15) is 9.59 Å². The van der Waals surface area contributed by atoms with Crippen LogP contribution in [-0.2, 0) is 9.53 Å². The second-order valence-electron chi connectivity index (χ2n) is 6.20. The molecule has 26 heavy (non-hydrogen) atoms. The molecule has 0 bridgehead atoms. The Bertz CT molecular complexity index is 757. The highest BCUT2D eigenvalue weighted by Gasteiger charge is 2.17. The van der Waals surface area contributed by atoms with Crippen LogP contribution in [0.4, 0.5) is 0 Å². The first-order chi connectivity index (χ1) is 12.5. The number of benzene rings is 1. The molecular formula is C19H23N3O4. The predicted octanol–water partition coefficient (Wildman–Crippen LogP) is 1.73. The van der Waals surface area contributed by atoms with Crippen molar-refractivity contribution in [1.29, 1.82) is 0 Å². The van der Waals surface area contributed by atoms with Crippen LogP contribution in [0.1, 0.15) is 21.7 Å². The third-order valence-electron chi connectivity index (χ3n) is 4.33. The second kappa shape index (κ2) is 8.05. The fourth-order valence-electron chi connectivity index (χ4n) is 2.76. The van der Waals surface area contributed by atoms with Gasteiger partial charge in [0, 0.05) is 30.0 Å². The van der Waals surface area contributed by atoms with E-state index in [1.165, 1.54) is 0 Å². The van der Waals surface area contributed by atoms with Crippen LogP contribution < -0.4 is 10.2 Å². The van der Waals surface area contributed by atoms with Crippen molar-refractivity contribution in [3.05, 3.63) is 53.3 Å². The molecular weight excluding hydrogens is 334 g/mol. The Kier molecular flexibility index (Phi) is 5.58. The molecule has 3 rings (SSSR count). The normalized spacial score (nSPS) is 14.2. The monoisotopic (exact) mass is 357 g/mol. The van der Waals surface area contributed by atoms with E-state index in [1.54, 1.807) is 33.8 Å². The SMILES string of the molecule is Cc1ccc(C)n1NC(=O)c1ccc(OCC(=O)N2CCOCC2)cc1. The van der Waals surface area contributed by atoms with Crippen molar-refractivity contribution in [2.45, 2.75) is 13.8 Å². The maximum Gasteiger partial charge on any atom is 0.270 e. The molecule has 7 heteroatoms. The van der Waals surface area contributed by atoms with Crippen LogP contribution in [0, 0.1) is 13.8 Å². The summed E-state index contributed by atoms with van der Waals surface area (Å²) in [5, 5.41) is 0. The minimum Gasteiger partial charge on any atom is -0.484 e. The van der Waals surface area contributed by atoms with Crippen LogP contribution in [0.25, 0.3) is 0 Å². The lowest BCUT2D eigenvalue weighted by atomic mass is 10.2. The molecule has 2 heterocycles. The van der Waals surface area contributed by atoms with E-state index in [4.69, 9.17) is 9.47 Å². The molecule has 1 aliphatic heterocycles. The van der Waals surface area contributed by atoms with Gasteiger partial charge in [0.05, 0.1) is 13.2 Å². The Balaban J connectivity index is 1.54. The zero-order valence-electron chi connectivity index (χ0n) is 15.0. The van der Waals surface area contributed by atoms with Gasteiger partial charge in [0.15, 0.2) is 6.61 Å². The quantitative estimate of drug-likeness (QED) is 0.884. The summed E-state index contributed by atoms with van der Waals surface area (Å²) in [6, 6.07) is 10.6. The summed E-state index contributed by atoms with van der Waals surface area (Å²) in [5.74, 6) is 0.286. The van der Waals surface area contributed by atoms with Gasteiger partial charge in [-0.2, -0.15) is 0 Å². The molecule has 0 aliphatic carbocycles. The molecule has 0 atom stereocenters. The average molecular weight is 357 g/mol. The molecule has 2 amide bonds. The Morgan fingerprint density at radius 2 is 1.65 bits per heavy atom. The number of ether oxygens (including phenoxy) is 2. The smallest absolute Gasteiger partial charge is 0.270 e. The summed E-state index contributed by atoms with van der Waals surface area (Å²) < 4.78 is 12.5. The molecule has 1 fully saturated rings. The zero-order chi connectivity index (χ0) is 18.5. The number of morpholine rings is 1. The minimum absolute atomic E-state index is 0.0205.